The minimum Gasteiger partial charge on any atom is -0.310 e. The molecule has 1 aromatic rings. The van der Waals surface area contributed by atoms with Gasteiger partial charge >= 0.3 is 0 Å². The van der Waals surface area contributed by atoms with Crippen LogP contribution in [0, 0.1) is 5.92 Å². The van der Waals surface area contributed by atoms with Gasteiger partial charge in [-0.2, -0.15) is 0 Å². The standard InChI is InChI=1S/C13H20BrClN2/c1-3-10(4-2)13(15)9-16-8-12-6-5-11(14)7-17-12/h5-7,10,13,16H,3-4,8-9H2,1-2H3. The number of pyridine rings is 1. The van der Waals surface area contributed by atoms with E-state index < -0.39 is 0 Å². The molecule has 0 saturated heterocycles. The Balaban J connectivity index is 2.30. The van der Waals surface area contributed by atoms with Crippen molar-refractivity contribution in [3.63, 3.8) is 0 Å². The largest absolute Gasteiger partial charge is 0.310 e. The van der Waals surface area contributed by atoms with Crippen LogP contribution in [0.5, 0.6) is 0 Å². The summed E-state index contributed by atoms with van der Waals surface area (Å²) in [6.07, 6.45) is 4.10. The van der Waals surface area contributed by atoms with Gasteiger partial charge in [0.2, 0.25) is 0 Å². The fourth-order valence-corrected chi connectivity index (χ4v) is 2.52. The molecule has 1 heterocycles. The highest BCUT2D eigenvalue weighted by Gasteiger charge is 2.14. The van der Waals surface area contributed by atoms with E-state index in [0.29, 0.717) is 5.92 Å². The van der Waals surface area contributed by atoms with Crippen molar-refractivity contribution in [3.05, 3.63) is 28.5 Å². The summed E-state index contributed by atoms with van der Waals surface area (Å²) in [4.78, 5) is 4.31. The maximum absolute atomic E-state index is 6.35. The lowest BCUT2D eigenvalue weighted by molar-refractivity contribution is 0.445. The maximum atomic E-state index is 6.35. The first-order chi connectivity index (χ1) is 8.17. The highest BCUT2D eigenvalue weighted by Crippen LogP contribution is 2.17. The van der Waals surface area contributed by atoms with E-state index in [1.165, 1.54) is 0 Å². The Bertz CT molecular complexity index is 312. The molecule has 1 unspecified atom stereocenters. The molecule has 0 aliphatic rings. The van der Waals surface area contributed by atoms with Gasteiger partial charge in [-0.1, -0.05) is 26.7 Å². The second-order valence-electron chi connectivity index (χ2n) is 4.19. The normalized spacial score (nSPS) is 13.0. The SMILES string of the molecule is CCC(CC)C(Cl)CNCc1ccc(Br)cn1. The first-order valence-electron chi connectivity index (χ1n) is 6.12. The topological polar surface area (TPSA) is 24.9 Å². The highest BCUT2D eigenvalue weighted by atomic mass is 79.9. The molecule has 96 valence electrons. The quantitative estimate of drug-likeness (QED) is 0.769. The van der Waals surface area contributed by atoms with Crippen LogP contribution in [0.3, 0.4) is 0 Å². The van der Waals surface area contributed by atoms with Gasteiger partial charge in [-0.25, -0.2) is 0 Å². The third kappa shape index (κ3) is 5.36. The van der Waals surface area contributed by atoms with Crippen LogP contribution in [-0.4, -0.2) is 16.9 Å². The predicted octanol–water partition coefficient (Wildman–Crippen LogP) is 3.98. The number of nitrogens with zero attached hydrogens (tertiary/aromatic N) is 1. The van der Waals surface area contributed by atoms with Gasteiger partial charge in [-0.05, 0) is 34.0 Å². The van der Waals surface area contributed by atoms with Crippen LogP contribution in [0.15, 0.2) is 22.8 Å². The second-order valence-corrected chi connectivity index (χ2v) is 5.67. The van der Waals surface area contributed by atoms with Crippen LogP contribution in [0.25, 0.3) is 0 Å². The lowest BCUT2D eigenvalue weighted by Crippen LogP contribution is -2.28. The molecular formula is C13H20BrClN2. The van der Waals surface area contributed by atoms with E-state index in [4.69, 9.17) is 11.6 Å². The summed E-state index contributed by atoms with van der Waals surface area (Å²) in [5, 5.41) is 3.57. The van der Waals surface area contributed by atoms with Crippen LogP contribution in [0.4, 0.5) is 0 Å². The summed E-state index contributed by atoms with van der Waals surface area (Å²) in [5.41, 5.74) is 1.04. The first kappa shape index (κ1) is 14.9. The Morgan fingerprint density at radius 1 is 1.35 bits per heavy atom. The molecular weight excluding hydrogens is 300 g/mol. The number of aromatic nitrogens is 1. The van der Waals surface area contributed by atoms with E-state index in [2.05, 4.69) is 40.1 Å². The number of halogens is 2. The number of rotatable bonds is 7. The van der Waals surface area contributed by atoms with Gasteiger partial charge < -0.3 is 5.32 Å². The van der Waals surface area contributed by atoms with Crippen LogP contribution in [0.2, 0.25) is 0 Å². The molecule has 0 fully saturated rings. The van der Waals surface area contributed by atoms with Crippen molar-refractivity contribution in [2.75, 3.05) is 6.54 Å². The van der Waals surface area contributed by atoms with Gasteiger partial charge in [0, 0.05) is 29.1 Å². The fraction of sp³-hybridized carbons (Fsp3) is 0.615. The molecule has 0 radical (unpaired) electrons. The third-order valence-electron chi connectivity index (χ3n) is 2.99. The fourth-order valence-electron chi connectivity index (χ4n) is 1.82. The molecule has 0 saturated carbocycles. The van der Waals surface area contributed by atoms with Crippen LogP contribution in [-0.2, 0) is 6.54 Å². The third-order valence-corrected chi connectivity index (χ3v) is 3.97. The highest BCUT2D eigenvalue weighted by molar-refractivity contribution is 9.10. The molecule has 1 N–H and O–H groups in total. The number of alkyl halides is 1. The van der Waals surface area contributed by atoms with Crippen molar-refractivity contribution >= 4 is 27.5 Å². The van der Waals surface area contributed by atoms with E-state index in [9.17, 15) is 0 Å². The Morgan fingerprint density at radius 2 is 2.06 bits per heavy atom. The zero-order chi connectivity index (χ0) is 12.7. The van der Waals surface area contributed by atoms with Crippen molar-refractivity contribution in [1.29, 1.82) is 0 Å². The summed E-state index contributed by atoms with van der Waals surface area (Å²) in [6.45, 7) is 6.00. The van der Waals surface area contributed by atoms with Crippen molar-refractivity contribution in [3.8, 4) is 0 Å². The van der Waals surface area contributed by atoms with Crippen molar-refractivity contribution in [2.45, 2.75) is 38.6 Å². The summed E-state index contributed by atoms with van der Waals surface area (Å²) in [5.74, 6) is 0.599. The number of nitrogens with one attached hydrogen (secondary N) is 1. The van der Waals surface area contributed by atoms with Gasteiger partial charge in [-0.15, -0.1) is 11.6 Å². The minimum atomic E-state index is 0.209. The lowest BCUT2D eigenvalue weighted by Gasteiger charge is -2.19. The molecule has 0 amide bonds. The Hall–Kier alpha value is -0.120. The molecule has 0 aromatic carbocycles. The van der Waals surface area contributed by atoms with E-state index in [-0.39, 0.29) is 5.38 Å². The molecule has 1 atom stereocenters. The molecule has 1 aromatic heterocycles. The van der Waals surface area contributed by atoms with E-state index in [1.54, 1.807) is 0 Å². The van der Waals surface area contributed by atoms with Gasteiger partial charge in [0.05, 0.1) is 5.69 Å². The molecule has 4 heteroatoms. The molecule has 0 aliphatic heterocycles. The average Bonchev–Trinajstić information content (AvgIpc) is 2.33. The van der Waals surface area contributed by atoms with E-state index in [1.807, 2.05) is 18.3 Å². The zero-order valence-electron chi connectivity index (χ0n) is 10.4. The van der Waals surface area contributed by atoms with Gasteiger partial charge in [0.1, 0.15) is 0 Å². The van der Waals surface area contributed by atoms with Crippen LogP contribution >= 0.6 is 27.5 Å². The maximum Gasteiger partial charge on any atom is 0.0542 e. The van der Waals surface area contributed by atoms with E-state index >= 15 is 0 Å². The molecule has 2 nitrogen and oxygen atoms in total. The number of hydrogen-bond donors (Lipinski definition) is 1. The molecule has 17 heavy (non-hydrogen) atoms. The minimum absolute atomic E-state index is 0.209. The summed E-state index contributed by atoms with van der Waals surface area (Å²) in [7, 11) is 0. The van der Waals surface area contributed by atoms with Gasteiger partial charge in [0.15, 0.2) is 0 Å². The molecule has 0 aliphatic carbocycles. The summed E-state index contributed by atoms with van der Waals surface area (Å²) >= 11 is 9.72. The second kappa shape index (κ2) is 8.06. The van der Waals surface area contributed by atoms with Crippen molar-refractivity contribution in [2.24, 2.45) is 5.92 Å². The molecule has 0 spiro atoms. The summed E-state index contributed by atoms with van der Waals surface area (Å²) < 4.78 is 1.01. The zero-order valence-corrected chi connectivity index (χ0v) is 12.8. The van der Waals surface area contributed by atoms with Crippen LogP contribution < -0.4 is 5.32 Å². The Labute approximate surface area is 117 Å². The molecule has 0 bridgehead atoms. The van der Waals surface area contributed by atoms with Crippen LogP contribution in [0.1, 0.15) is 32.4 Å². The summed E-state index contributed by atoms with van der Waals surface area (Å²) in [6, 6.07) is 4.01. The molecule has 1 rings (SSSR count). The Morgan fingerprint density at radius 3 is 2.59 bits per heavy atom. The van der Waals surface area contributed by atoms with Crippen molar-refractivity contribution < 1.29 is 0 Å². The first-order valence-corrected chi connectivity index (χ1v) is 7.35. The number of hydrogen-bond acceptors (Lipinski definition) is 2. The lowest BCUT2D eigenvalue weighted by atomic mass is 9.99. The van der Waals surface area contributed by atoms with Crippen molar-refractivity contribution in [1.82, 2.24) is 10.3 Å². The smallest absolute Gasteiger partial charge is 0.0542 e. The monoisotopic (exact) mass is 318 g/mol. The van der Waals surface area contributed by atoms with Gasteiger partial charge in [-0.3, -0.25) is 4.98 Å². The Kier molecular flexibility index (Phi) is 7.09. The average molecular weight is 320 g/mol. The predicted molar refractivity (Wildman–Crippen MR) is 77.4 cm³/mol. The van der Waals surface area contributed by atoms with E-state index in [0.717, 1.165) is 36.1 Å². The van der Waals surface area contributed by atoms with Gasteiger partial charge in [0.25, 0.3) is 0 Å².